The highest BCUT2D eigenvalue weighted by molar-refractivity contribution is 5.99. The number of hydrogen-bond donors (Lipinski definition) is 3. The summed E-state index contributed by atoms with van der Waals surface area (Å²) in [6.45, 7) is 2.32. The molecule has 3 N–H and O–H groups in total. The maximum atomic E-state index is 12.7. The lowest BCUT2D eigenvalue weighted by Crippen LogP contribution is -2.52. The van der Waals surface area contributed by atoms with E-state index >= 15 is 0 Å². The van der Waals surface area contributed by atoms with E-state index in [-0.39, 0.29) is 18.9 Å². The first-order chi connectivity index (χ1) is 16.5. The average Bonchev–Trinajstić information content (AvgIpc) is 3.58. The zero-order chi connectivity index (χ0) is 24.8. The van der Waals surface area contributed by atoms with E-state index in [1.54, 1.807) is 25.4 Å². The molecule has 2 fully saturated rings. The van der Waals surface area contributed by atoms with Gasteiger partial charge in [0.1, 0.15) is 6.04 Å². The minimum Gasteiger partial charge on any atom is -0.337 e. The van der Waals surface area contributed by atoms with Crippen LogP contribution in [0.15, 0.2) is 18.5 Å². The molecule has 5 amide bonds. The van der Waals surface area contributed by atoms with Crippen LogP contribution in [0.4, 0.5) is 4.79 Å². The van der Waals surface area contributed by atoms with E-state index in [1.165, 1.54) is 37.0 Å². The number of nitrogens with zero attached hydrogens (tertiary/aromatic N) is 4. The molecule has 0 radical (unpaired) electrons. The van der Waals surface area contributed by atoms with Crippen molar-refractivity contribution in [3.8, 4) is 0 Å². The summed E-state index contributed by atoms with van der Waals surface area (Å²) in [6, 6.07) is 0.392. The van der Waals surface area contributed by atoms with Gasteiger partial charge in [0.05, 0.1) is 18.7 Å². The smallest absolute Gasteiger partial charge is 0.321 e. The summed E-state index contributed by atoms with van der Waals surface area (Å²) in [4.78, 5) is 49.3. The van der Waals surface area contributed by atoms with Crippen molar-refractivity contribution >= 4 is 24.3 Å². The predicted molar refractivity (Wildman–Crippen MR) is 123 cm³/mol. The third-order valence-electron chi connectivity index (χ3n) is 6.04. The lowest BCUT2D eigenvalue weighted by molar-refractivity contribution is -0.157. The van der Waals surface area contributed by atoms with Gasteiger partial charge in [-0.15, -0.1) is 0 Å². The molecule has 2 heterocycles. The van der Waals surface area contributed by atoms with E-state index in [4.69, 9.17) is 0 Å². The van der Waals surface area contributed by atoms with Crippen molar-refractivity contribution < 1.29 is 24.4 Å². The van der Waals surface area contributed by atoms with Crippen LogP contribution in [0.3, 0.4) is 0 Å². The number of rotatable bonds is 9. The molecule has 188 valence electrons. The van der Waals surface area contributed by atoms with Crippen molar-refractivity contribution in [1.82, 2.24) is 30.8 Å². The molecule has 1 aliphatic carbocycles. The zero-order valence-electron chi connectivity index (χ0n) is 19.8. The summed E-state index contributed by atoms with van der Waals surface area (Å²) in [5, 5.41) is 22.1. The van der Waals surface area contributed by atoms with Crippen LogP contribution in [0.25, 0.3) is 0 Å². The van der Waals surface area contributed by atoms with Crippen molar-refractivity contribution in [2.24, 2.45) is 5.92 Å². The van der Waals surface area contributed by atoms with E-state index < -0.39 is 23.9 Å². The SMILES string of the molecule is C1CCCC1.CCC(CN(O)C=O)C(=O)N1CCCC1C(=O)NC(=O)NCCc1ccnnc1. The Hall–Kier alpha value is -3.08. The summed E-state index contributed by atoms with van der Waals surface area (Å²) in [5.74, 6) is -1.50. The molecular formula is C23H36N6O5. The first kappa shape index (κ1) is 27.2. The van der Waals surface area contributed by atoms with Crippen molar-refractivity contribution in [2.45, 2.75) is 70.8 Å². The van der Waals surface area contributed by atoms with Gasteiger partial charge in [-0.1, -0.05) is 39.0 Å². The minimum absolute atomic E-state index is 0.145. The second-order valence-electron chi connectivity index (χ2n) is 8.54. The number of carbonyl (C=O) groups is 4. The second kappa shape index (κ2) is 14.9. The first-order valence-electron chi connectivity index (χ1n) is 12.0. The number of hydroxylamine groups is 2. The zero-order valence-corrected chi connectivity index (χ0v) is 19.8. The fourth-order valence-electron chi connectivity index (χ4n) is 4.10. The van der Waals surface area contributed by atoms with Gasteiger partial charge in [0.25, 0.3) is 5.91 Å². The van der Waals surface area contributed by atoms with Gasteiger partial charge in [0.15, 0.2) is 0 Å². The normalized spacial score (nSPS) is 17.8. The van der Waals surface area contributed by atoms with Crippen molar-refractivity contribution in [3.63, 3.8) is 0 Å². The molecule has 3 rings (SSSR count). The number of carbonyl (C=O) groups excluding carboxylic acids is 4. The highest BCUT2D eigenvalue weighted by atomic mass is 16.5. The highest BCUT2D eigenvalue weighted by Crippen LogP contribution is 2.21. The number of urea groups is 1. The van der Waals surface area contributed by atoms with Gasteiger partial charge in [-0.25, -0.2) is 9.86 Å². The minimum atomic E-state index is -0.755. The molecular weight excluding hydrogens is 440 g/mol. The molecule has 1 aromatic heterocycles. The van der Waals surface area contributed by atoms with E-state index in [1.807, 2.05) is 0 Å². The molecule has 1 saturated heterocycles. The van der Waals surface area contributed by atoms with E-state index in [9.17, 15) is 24.4 Å². The largest absolute Gasteiger partial charge is 0.337 e. The van der Waals surface area contributed by atoms with Crippen molar-refractivity contribution in [1.29, 1.82) is 0 Å². The van der Waals surface area contributed by atoms with E-state index in [2.05, 4.69) is 20.8 Å². The molecule has 11 nitrogen and oxygen atoms in total. The third-order valence-corrected chi connectivity index (χ3v) is 6.04. The molecule has 11 heteroatoms. The van der Waals surface area contributed by atoms with Crippen LogP contribution >= 0.6 is 0 Å². The average molecular weight is 477 g/mol. The van der Waals surface area contributed by atoms with Crippen molar-refractivity contribution in [2.75, 3.05) is 19.6 Å². The van der Waals surface area contributed by atoms with Gasteiger partial charge in [0.2, 0.25) is 12.3 Å². The van der Waals surface area contributed by atoms with Gasteiger partial charge in [-0.3, -0.25) is 24.9 Å². The third kappa shape index (κ3) is 9.05. The number of amides is 5. The fourth-order valence-corrected chi connectivity index (χ4v) is 4.10. The van der Waals surface area contributed by atoms with Gasteiger partial charge in [-0.05, 0) is 37.3 Å². The van der Waals surface area contributed by atoms with Crippen LogP contribution < -0.4 is 10.6 Å². The van der Waals surface area contributed by atoms with Gasteiger partial charge >= 0.3 is 6.03 Å². The van der Waals surface area contributed by atoms with Crippen molar-refractivity contribution in [3.05, 3.63) is 24.0 Å². The van der Waals surface area contributed by atoms with Crippen LogP contribution in [0.1, 0.15) is 63.9 Å². The molecule has 1 saturated carbocycles. The Morgan fingerprint density at radius 2 is 1.91 bits per heavy atom. The summed E-state index contributed by atoms with van der Waals surface area (Å²) >= 11 is 0. The lowest BCUT2D eigenvalue weighted by Gasteiger charge is -2.28. The molecule has 1 aliphatic heterocycles. The molecule has 0 bridgehead atoms. The van der Waals surface area contributed by atoms with Crippen LogP contribution in [-0.2, 0) is 20.8 Å². The predicted octanol–water partition coefficient (Wildman–Crippen LogP) is 1.66. The molecule has 2 unspecified atom stereocenters. The summed E-state index contributed by atoms with van der Waals surface area (Å²) in [6.07, 6.45) is 12.9. The number of likely N-dealkylation sites (tertiary alicyclic amines) is 1. The first-order valence-corrected chi connectivity index (χ1v) is 12.0. The number of hydrogen-bond acceptors (Lipinski definition) is 7. The molecule has 2 atom stereocenters. The van der Waals surface area contributed by atoms with Gasteiger partial charge in [-0.2, -0.15) is 10.2 Å². The topological polar surface area (TPSA) is 145 Å². The van der Waals surface area contributed by atoms with Crippen LogP contribution in [0.5, 0.6) is 0 Å². The molecule has 0 aromatic carbocycles. The Labute approximate surface area is 200 Å². The maximum Gasteiger partial charge on any atom is 0.321 e. The lowest BCUT2D eigenvalue weighted by atomic mass is 10.0. The van der Waals surface area contributed by atoms with Crippen LogP contribution in [0, 0.1) is 5.92 Å². The Bertz CT molecular complexity index is 782. The monoisotopic (exact) mass is 476 g/mol. The van der Waals surface area contributed by atoms with E-state index in [0.29, 0.717) is 43.8 Å². The van der Waals surface area contributed by atoms with Crippen LogP contribution in [-0.4, -0.2) is 75.3 Å². The second-order valence-corrected chi connectivity index (χ2v) is 8.54. The quantitative estimate of drug-likeness (QED) is 0.279. The molecule has 2 aliphatic rings. The van der Waals surface area contributed by atoms with Gasteiger partial charge < -0.3 is 10.2 Å². The Morgan fingerprint density at radius 3 is 2.50 bits per heavy atom. The number of nitrogens with one attached hydrogen (secondary N) is 2. The maximum absolute atomic E-state index is 12.7. The van der Waals surface area contributed by atoms with Crippen LogP contribution in [0.2, 0.25) is 0 Å². The Morgan fingerprint density at radius 1 is 1.21 bits per heavy atom. The standard InChI is InChI=1S/C18H26N6O5.C5H10/c1-2-14(11-23(29)12-25)17(27)24-9-3-4-15(24)16(26)22-18(28)19-7-5-13-6-8-20-21-10-13;1-2-4-5-3-1/h6,8,10,12,14-15,29H,2-5,7,9,11H2,1H3,(H2,19,22,26,28);1-5H2. The number of aromatic nitrogens is 2. The Kier molecular flexibility index (Phi) is 11.9. The fraction of sp³-hybridized carbons (Fsp3) is 0.652. The summed E-state index contributed by atoms with van der Waals surface area (Å²) < 4.78 is 0. The molecule has 1 aromatic rings. The summed E-state index contributed by atoms with van der Waals surface area (Å²) in [5.41, 5.74) is 0.901. The highest BCUT2D eigenvalue weighted by Gasteiger charge is 2.37. The van der Waals surface area contributed by atoms with E-state index in [0.717, 1.165) is 5.56 Å². The molecule has 34 heavy (non-hydrogen) atoms. The Balaban J connectivity index is 0.000000720. The van der Waals surface area contributed by atoms with Gasteiger partial charge in [0, 0.05) is 19.3 Å². The number of imide groups is 1. The molecule has 0 spiro atoms. The summed E-state index contributed by atoms with van der Waals surface area (Å²) in [7, 11) is 0.